The Labute approximate surface area is 366 Å². The monoisotopic (exact) mass is 900 g/mol. The molecule has 4 aliphatic carbocycles. The van der Waals surface area contributed by atoms with Gasteiger partial charge in [-0.15, -0.1) is 0 Å². The van der Waals surface area contributed by atoms with Crippen LogP contribution in [0.2, 0.25) is 0 Å². The molecule has 19 heteroatoms. The Morgan fingerprint density at radius 2 is 1.35 bits per heavy atom. The normalized spacial score (nSPS) is 59.3. The van der Waals surface area contributed by atoms with Crippen LogP contribution in [0, 0.1) is 46.3 Å². The first kappa shape index (κ1) is 46.8. The molecule has 9 aliphatic rings. The van der Waals surface area contributed by atoms with E-state index in [-0.39, 0.29) is 43.2 Å². The van der Waals surface area contributed by atoms with Gasteiger partial charge in [0.2, 0.25) is 5.79 Å². The molecule has 28 atom stereocenters. The van der Waals surface area contributed by atoms with Crippen LogP contribution >= 0.6 is 0 Å². The zero-order valence-corrected chi connectivity index (χ0v) is 36.6. The van der Waals surface area contributed by atoms with Crippen LogP contribution in [0.3, 0.4) is 0 Å². The van der Waals surface area contributed by atoms with E-state index in [1.807, 2.05) is 13.8 Å². The number of aliphatic hydroxyl groups excluding tert-OH is 10. The summed E-state index contributed by atoms with van der Waals surface area (Å²) in [7, 11) is 0. The molecule has 9 rings (SSSR count). The van der Waals surface area contributed by atoms with E-state index in [2.05, 4.69) is 19.9 Å². The summed E-state index contributed by atoms with van der Waals surface area (Å²) in [4.78, 5) is 15.0. The van der Waals surface area contributed by atoms with Crippen molar-refractivity contribution in [1.29, 1.82) is 0 Å². The maximum absolute atomic E-state index is 15.0. The summed E-state index contributed by atoms with van der Waals surface area (Å²) in [5.41, 5.74) is -0.310. The Hall–Kier alpha value is -1.31. The van der Waals surface area contributed by atoms with E-state index in [0.717, 1.165) is 5.57 Å². The van der Waals surface area contributed by atoms with Gasteiger partial charge in [-0.3, -0.25) is 4.79 Å². The van der Waals surface area contributed by atoms with Crippen molar-refractivity contribution in [3.63, 3.8) is 0 Å². The summed E-state index contributed by atoms with van der Waals surface area (Å²) in [5, 5.41) is 108. The SMILES string of the molecule is C[C@@H]1O[C@@H](O[C@H]2[C@H](O[C@@H]3C[C@H](O)CC4=CC[C@H]5[C@@H]6C(=O)[C@@H]7O[C@@]8(OC[C@H](C)[C@H](O[C@@H]9O[C@H](C)[C@H](O)[C@@H](O)[C@H]9O)[C@@H]8O)[C@@H](C)[C@@H]7[C@@]6(C)CC[C@@H]5[C@]43C)OC[C@H](O)[C@@H]2O)[C@H](O)[C@H](O)[C@H]1O. The van der Waals surface area contributed by atoms with Crippen molar-refractivity contribution in [2.75, 3.05) is 13.2 Å². The van der Waals surface area contributed by atoms with Gasteiger partial charge in [0.05, 0.1) is 43.7 Å². The topological polar surface area (TPSA) is 293 Å². The highest BCUT2D eigenvalue weighted by Gasteiger charge is 2.75. The van der Waals surface area contributed by atoms with Crippen molar-refractivity contribution in [3.05, 3.63) is 11.6 Å². The van der Waals surface area contributed by atoms with E-state index < -0.39 is 151 Å². The highest BCUT2D eigenvalue weighted by atomic mass is 16.8. The molecular weight excluding hydrogens is 832 g/mol. The lowest BCUT2D eigenvalue weighted by Gasteiger charge is -2.60. The summed E-state index contributed by atoms with van der Waals surface area (Å²) in [6.45, 7) is 10.8. The van der Waals surface area contributed by atoms with E-state index in [9.17, 15) is 51.1 Å². The van der Waals surface area contributed by atoms with Crippen molar-refractivity contribution in [3.8, 4) is 0 Å². The van der Waals surface area contributed by atoms with Gasteiger partial charge in [-0.05, 0) is 56.8 Å². The smallest absolute Gasteiger partial charge is 0.200 e. The second kappa shape index (κ2) is 16.7. The molecule has 0 bridgehead atoms. The molecule has 1 spiro atoms. The minimum atomic E-state index is -1.70. The Balaban J connectivity index is 0.953. The van der Waals surface area contributed by atoms with Gasteiger partial charge in [0.25, 0.3) is 0 Å². The zero-order chi connectivity index (χ0) is 45.4. The lowest BCUT2D eigenvalue weighted by molar-refractivity contribution is -0.370. The highest BCUT2D eigenvalue weighted by Crippen LogP contribution is 2.70. The molecule has 3 saturated carbocycles. The molecule has 8 fully saturated rings. The average Bonchev–Trinajstić information content (AvgIpc) is 3.67. The predicted octanol–water partition coefficient (Wildman–Crippen LogP) is -2.03. The molecule has 10 N–H and O–H groups in total. The standard InChI is InChI=1S/C44H68O19/c1-15-13-57-44(38(55)35(15)61-39-33(53)31(51)27(47)17(3)58-39)16(2)25-36(63-44)30(50)26-21-8-7-19-11-20(45)12-24(43(19,6)22(21)9-10-42(25,26)5)60-41-37(29(49)23(46)14-56-41)62-40-34(54)32(52)28(48)18(4)59-40/h7,15-18,20-29,31-41,45-49,51-55H,8-14H2,1-6H3/t15-,16-,17+,18-,20+,21+,22-,23-,24+,25-,26+,27-,28-,29-,31+,32+,33+,34+,35-,36+,37+,38-,39-,40-,41-,42+,43-,44-/m0/s1. The van der Waals surface area contributed by atoms with Crippen LogP contribution in [0.25, 0.3) is 0 Å². The molecule has 5 saturated heterocycles. The van der Waals surface area contributed by atoms with Gasteiger partial charge in [0.1, 0.15) is 67.1 Å². The van der Waals surface area contributed by atoms with Gasteiger partial charge in [-0.2, -0.15) is 0 Å². The first-order valence-corrected chi connectivity index (χ1v) is 22.9. The summed E-state index contributed by atoms with van der Waals surface area (Å²) in [5.74, 6) is -3.61. The summed E-state index contributed by atoms with van der Waals surface area (Å²) < 4.78 is 49.5. The van der Waals surface area contributed by atoms with Crippen LogP contribution in [-0.2, 0) is 42.7 Å². The van der Waals surface area contributed by atoms with E-state index in [1.165, 1.54) is 6.92 Å². The average molecular weight is 901 g/mol. The van der Waals surface area contributed by atoms with Gasteiger partial charge >= 0.3 is 0 Å². The number of hydrogen-bond donors (Lipinski definition) is 10. The van der Waals surface area contributed by atoms with Crippen molar-refractivity contribution in [1.82, 2.24) is 0 Å². The molecular formula is C44H68O19. The molecule has 0 unspecified atom stereocenters. The van der Waals surface area contributed by atoms with E-state index in [1.54, 1.807) is 6.92 Å². The lowest BCUT2D eigenvalue weighted by Crippen LogP contribution is -2.65. The zero-order valence-electron chi connectivity index (χ0n) is 36.6. The molecule has 5 heterocycles. The van der Waals surface area contributed by atoms with Crippen LogP contribution in [0.4, 0.5) is 0 Å². The molecule has 0 aromatic heterocycles. The number of allylic oxidation sites excluding steroid dienone is 1. The highest BCUT2D eigenvalue weighted by molar-refractivity contribution is 5.90. The molecule has 0 aromatic rings. The van der Waals surface area contributed by atoms with Gasteiger partial charge < -0.3 is 89.0 Å². The fourth-order valence-corrected chi connectivity index (χ4v) is 13.7. The van der Waals surface area contributed by atoms with E-state index in [4.69, 9.17) is 37.9 Å². The number of hydrogen-bond acceptors (Lipinski definition) is 19. The predicted molar refractivity (Wildman–Crippen MR) is 211 cm³/mol. The minimum absolute atomic E-state index is 0.0766. The Bertz CT molecular complexity index is 1740. The van der Waals surface area contributed by atoms with Crippen molar-refractivity contribution >= 4 is 5.78 Å². The summed E-state index contributed by atoms with van der Waals surface area (Å²) in [6, 6.07) is 0. The van der Waals surface area contributed by atoms with Crippen LogP contribution in [0.5, 0.6) is 0 Å². The van der Waals surface area contributed by atoms with Crippen LogP contribution in [-0.4, -0.2) is 192 Å². The van der Waals surface area contributed by atoms with Crippen molar-refractivity contribution in [2.45, 2.75) is 196 Å². The van der Waals surface area contributed by atoms with Crippen molar-refractivity contribution < 1.29 is 93.8 Å². The van der Waals surface area contributed by atoms with E-state index in [0.29, 0.717) is 25.7 Å². The molecule has 5 aliphatic heterocycles. The van der Waals surface area contributed by atoms with E-state index >= 15 is 4.79 Å². The molecule has 63 heavy (non-hydrogen) atoms. The van der Waals surface area contributed by atoms with Gasteiger partial charge in [0.15, 0.2) is 24.7 Å². The summed E-state index contributed by atoms with van der Waals surface area (Å²) in [6.07, 6.45) is -19.6. The number of carbonyl (C=O) groups excluding carboxylic acids is 1. The quantitative estimate of drug-likeness (QED) is 0.129. The Morgan fingerprint density at radius 1 is 0.730 bits per heavy atom. The van der Waals surface area contributed by atoms with Crippen molar-refractivity contribution in [2.24, 2.45) is 46.3 Å². The molecule has 0 aromatic carbocycles. The summed E-state index contributed by atoms with van der Waals surface area (Å²) >= 11 is 0. The number of rotatable bonds is 6. The number of carbonyl (C=O) groups is 1. The molecule has 358 valence electrons. The van der Waals surface area contributed by atoms with Gasteiger partial charge in [-0.25, -0.2) is 0 Å². The first-order valence-electron chi connectivity index (χ1n) is 22.9. The number of ketones is 1. The fourth-order valence-electron chi connectivity index (χ4n) is 13.7. The Kier molecular flexibility index (Phi) is 12.4. The van der Waals surface area contributed by atoms with Gasteiger partial charge in [-0.1, -0.05) is 39.3 Å². The Morgan fingerprint density at radius 3 is 1.98 bits per heavy atom. The lowest BCUT2D eigenvalue weighted by atomic mass is 9.46. The third-order valence-electron chi connectivity index (χ3n) is 17.3. The minimum Gasteiger partial charge on any atom is -0.393 e. The maximum Gasteiger partial charge on any atom is 0.200 e. The number of Topliss-reactive ketones (excluding diaryl/α,β-unsaturated/α-hetero) is 1. The third kappa shape index (κ3) is 7.09. The van der Waals surface area contributed by atoms with Gasteiger partial charge in [0, 0.05) is 35.5 Å². The third-order valence-corrected chi connectivity index (χ3v) is 17.3. The second-order valence-electron chi connectivity index (χ2n) is 20.8. The molecule has 0 radical (unpaired) electrons. The maximum atomic E-state index is 15.0. The van der Waals surface area contributed by atoms with Crippen LogP contribution in [0.15, 0.2) is 11.6 Å². The van der Waals surface area contributed by atoms with Crippen LogP contribution < -0.4 is 0 Å². The number of fused-ring (bicyclic) bond motifs is 7. The fraction of sp³-hybridized carbons (Fsp3) is 0.932. The first-order chi connectivity index (χ1) is 29.6. The molecule has 0 amide bonds. The van der Waals surface area contributed by atoms with Crippen LogP contribution in [0.1, 0.15) is 73.6 Å². The largest absolute Gasteiger partial charge is 0.393 e. The number of aliphatic hydroxyl groups is 10. The number of ether oxygens (including phenoxy) is 8. The molecule has 19 nitrogen and oxygen atoms in total. The second-order valence-corrected chi connectivity index (χ2v) is 20.8.